The minimum absolute atomic E-state index is 0.00473. The third-order valence-electron chi connectivity index (χ3n) is 4.64. The summed E-state index contributed by atoms with van der Waals surface area (Å²) in [6.07, 6.45) is 0.352. The Bertz CT molecular complexity index is 479. The summed E-state index contributed by atoms with van der Waals surface area (Å²) in [5.41, 5.74) is 1.19. The Morgan fingerprint density at radius 2 is 1.75 bits per heavy atom. The molecule has 5 heteroatoms. The second-order valence-corrected chi connectivity index (χ2v) is 6.45. The van der Waals surface area contributed by atoms with Crippen LogP contribution in [0.5, 0.6) is 5.75 Å². The SMILES string of the molecule is CCOC1CN(C)CC(OCC(O)CC)[C@@H]1c1ccc(OC)cc1. The molecule has 0 aromatic heterocycles. The molecule has 0 amide bonds. The maximum absolute atomic E-state index is 9.86. The predicted molar refractivity (Wildman–Crippen MR) is 94.7 cm³/mol. The first-order valence-corrected chi connectivity index (χ1v) is 8.82. The summed E-state index contributed by atoms with van der Waals surface area (Å²) in [7, 11) is 3.76. The first kappa shape index (κ1) is 19.2. The molecule has 2 rings (SSSR count). The van der Waals surface area contributed by atoms with Crippen LogP contribution < -0.4 is 4.74 Å². The Kier molecular flexibility index (Phi) is 7.49. The summed E-state index contributed by atoms with van der Waals surface area (Å²) in [5.74, 6) is 0.995. The molecule has 136 valence electrons. The van der Waals surface area contributed by atoms with Crippen molar-refractivity contribution in [2.75, 3.05) is 40.5 Å². The number of aliphatic hydroxyl groups excluding tert-OH is 1. The van der Waals surface area contributed by atoms with E-state index >= 15 is 0 Å². The second-order valence-electron chi connectivity index (χ2n) is 6.45. The Balaban J connectivity index is 2.21. The zero-order valence-corrected chi connectivity index (χ0v) is 15.3. The van der Waals surface area contributed by atoms with E-state index in [1.807, 2.05) is 26.0 Å². The number of hydrogen-bond acceptors (Lipinski definition) is 5. The summed E-state index contributed by atoms with van der Waals surface area (Å²) in [4.78, 5) is 2.24. The zero-order chi connectivity index (χ0) is 17.5. The van der Waals surface area contributed by atoms with E-state index in [1.165, 1.54) is 5.56 Å². The number of benzene rings is 1. The van der Waals surface area contributed by atoms with Gasteiger partial charge in [0.15, 0.2) is 0 Å². The highest BCUT2D eigenvalue weighted by Crippen LogP contribution is 2.33. The van der Waals surface area contributed by atoms with Crippen molar-refractivity contribution in [1.82, 2.24) is 4.90 Å². The molecule has 1 heterocycles. The lowest BCUT2D eigenvalue weighted by Crippen LogP contribution is -2.51. The van der Waals surface area contributed by atoms with E-state index in [0.29, 0.717) is 19.6 Å². The molecule has 0 saturated carbocycles. The lowest BCUT2D eigenvalue weighted by Gasteiger charge is -2.42. The second kappa shape index (κ2) is 9.37. The molecule has 1 saturated heterocycles. The summed E-state index contributed by atoms with van der Waals surface area (Å²) in [6.45, 7) is 6.73. The van der Waals surface area contributed by atoms with Crippen LogP contribution in [0.1, 0.15) is 31.7 Å². The highest BCUT2D eigenvalue weighted by atomic mass is 16.5. The Morgan fingerprint density at radius 3 is 2.29 bits per heavy atom. The van der Waals surface area contributed by atoms with Crippen molar-refractivity contribution in [3.05, 3.63) is 29.8 Å². The van der Waals surface area contributed by atoms with E-state index in [9.17, 15) is 5.11 Å². The van der Waals surface area contributed by atoms with Crippen LogP contribution in [0.25, 0.3) is 0 Å². The van der Waals surface area contributed by atoms with Crippen LogP contribution in [0, 0.1) is 0 Å². The fourth-order valence-corrected chi connectivity index (χ4v) is 3.29. The number of likely N-dealkylation sites (tertiary alicyclic amines) is 1. The maximum atomic E-state index is 9.86. The fraction of sp³-hybridized carbons (Fsp3) is 0.684. The summed E-state index contributed by atoms with van der Waals surface area (Å²) < 4.78 is 17.4. The van der Waals surface area contributed by atoms with Crippen molar-refractivity contribution < 1.29 is 19.3 Å². The molecule has 3 unspecified atom stereocenters. The Labute approximate surface area is 145 Å². The number of nitrogens with zero attached hydrogens (tertiary/aromatic N) is 1. The van der Waals surface area contributed by atoms with Crippen LogP contribution in [-0.4, -0.2) is 68.8 Å². The number of likely N-dealkylation sites (N-methyl/N-ethyl adjacent to an activating group) is 1. The van der Waals surface area contributed by atoms with Gasteiger partial charge in [0.05, 0.1) is 32.0 Å². The number of rotatable bonds is 8. The zero-order valence-electron chi connectivity index (χ0n) is 15.3. The third kappa shape index (κ3) is 4.93. The lowest BCUT2D eigenvalue weighted by molar-refractivity contribution is -0.0979. The molecule has 1 aromatic carbocycles. The van der Waals surface area contributed by atoms with E-state index in [4.69, 9.17) is 14.2 Å². The molecule has 1 aromatic rings. The van der Waals surface area contributed by atoms with E-state index < -0.39 is 6.10 Å². The van der Waals surface area contributed by atoms with Crippen molar-refractivity contribution >= 4 is 0 Å². The first-order chi connectivity index (χ1) is 11.6. The molecule has 1 fully saturated rings. The summed E-state index contributed by atoms with van der Waals surface area (Å²) in [6, 6.07) is 8.14. The molecule has 0 radical (unpaired) electrons. The standard InChI is InChI=1S/C19H31NO4/c1-5-15(21)13-24-18-12-20(3)11-17(23-6-2)19(18)14-7-9-16(22-4)10-8-14/h7-10,15,17-19,21H,5-6,11-13H2,1-4H3/t15?,17?,18?,19-/m1/s1. The van der Waals surface area contributed by atoms with E-state index in [0.717, 1.165) is 18.8 Å². The van der Waals surface area contributed by atoms with Gasteiger partial charge in [0.2, 0.25) is 0 Å². The third-order valence-corrected chi connectivity index (χ3v) is 4.64. The van der Waals surface area contributed by atoms with Crippen LogP contribution in [0.3, 0.4) is 0 Å². The fourth-order valence-electron chi connectivity index (χ4n) is 3.29. The smallest absolute Gasteiger partial charge is 0.118 e. The van der Waals surface area contributed by atoms with Gasteiger partial charge < -0.3 is 24.2 Å². The van der Waals surface area contributed by atoms with Gasteiger partial charge in [-0.1, -0.05) is 19.1 Å². The molecule has 1 N–H and O–H groups in total. The number of hydrogen-bond donors (Lipinski definition) is 1. The van der Waals surface area contributed by atoms with Crippen molar-refractivity contribution in [3.8, 4) is 5.75 Å². The average Bonchev–Trinajstić information content (AvgIpc) is 2.60. The molecule has 0 bridgehead atoms. The van der Waals surface area contributed by atoms with Crippen LogP contribution in [0.4, 0.5) is 0 Å². The van der Waals surface area contributed by atoms with Crippen molar-refractivity contribution in [2.24, 2.45) is 0 Å². The normalized spacial score (nSPS) is 26.3. The van der Waals surface area contributed by atoms with E-state index in [2.05, 4.69) is 24.1 Å². The Morgan fingerprint density at radius 1 is 1.12 bits per heavy atom. The molecule has 4 atom stereocenters. The molecule has 24 heavy (non-hydrogen) atoms. The van der Waals surface area contributed by atoms with Gasteiger partial charge >= 0.3 is 0 Å². The van der Waals surface area contributed by atoms with Crippen molar-refractivity contribution in [2.45, 2.75) is 44.5 Å². The van der Waals surface area contributed by atoms with Gasteiger partial charge in [-0.3, -0.25) is 0 Å². The highest BCUT2D eigenvalue weighted by molar-refractivity contribution is 5.31. The van der Waals surface area contributed by atoms with Crippen LogP contribution in [-0.2, 0) is 9.47 Å². The average molecular weight is 337 g/mol. The van der Waals surface area contributed by atoms with E-state index in [1.54, 1.807) is 7.11 Å². The quantitative estimate of drug-likeness (QED) is 0.789. The van der Waals surface area contributed by atoms with Gasteiger partial charge in [0.1, 0.15) is 5.75 Å². The van der Waals surface area contributed by atoms with Gasteiger partial charge in [0, 0.05) is 25.6 Å². The van der Waals surface area contributed by atoms with Gasteiger partial charge in [-0.05, 0) is 38.1 Å². The topological polar surface area (TPSA) is 51.2 Å². The molecule has 1 aliphatic rings. The molecule has 5 nitrogen and oxygen atoms in total. The molecule has 1 aliphatic heterocycles. The minimum Gasteiger partial charge on any atom is -0.497 e. The van der Waals surface area contributed by atoms with Gasteiger partial charge in [0.25, 0.3) is 0 Å². The largest absolute Gasteiger partial charge is 0.497 e. The molecular weight excluding hydrogens is 306 g/mol. The monoisotopic (exact) mass is 337 g/mol. The Hall–Kier alpha value is -1.14. The number of methoxy groups -OCH3 is 1. The summed E-state index contributed by atoms with van der Waals surface area (Å²) >= 11 is 0. The van der Waals surface area contributed by atoms with Crippen molar-refractivity contribution in [3.63, 3.8) is 0 Å². The van der Waals surface area contributed by atoms with Gasteiger partial charge in [-0.15, -0.1) is 0 Å². The van der Waals surface area contributed by atoms with Crippen LogP contribution in [0.15, 0.2) is 24.3 Å². The maximum Gasteiger partial charge on any atom is 0.118 e. The predicted octanol–water partition coefficient (Wildman–Crippen LogP) is 2.29. The molecular formula is C19H31NO4. The minimum atomic E-state index is -0.417. The lowest BCUT2D eigenvalue weighted by atomic mass is 9.84. The first-order valence-electron chi connectivity index (χ1n) is 8.82. The van der Waals surface area contributed by atoms with E-state index in [-0.39, 0.29) is 18.1 Å². The van der Waals surface area contributed by atoms with Crippen molar-refractivity contribution in [1.29, 1.82) is 0 Å². The van der Waals surface area contributed by atoms with Gasteiger partial charge in [-0.25, -0.2) is 0 Å². The van der Waals surface area contributed by atoms with Gasteiger partial charge in [-0.2, -0.15) is 0 Å². The van der Waals surface area contributed by atoms with Crippen LogP contribution >= 0.6 is 0 Å². The molecule has 0 aliphatic carbocycles. The highest BCUT2D eigenvalue weighted by Gasteiger charge is 2.38. The molecule has 0 spiro atoms. The van der Waals surface area contributed by atoms with Crippen LogP contribution in [0.2, 0.25) is 0 Å². The number of aliphatic hydroxyl groups is 1. The summed E-state index contributed by atoms with van der Waals surface area (Å²) in [5, 5.41) is 9.86. The number of ether oxygens (including phenoxy) is 3. The number of piperidine rings is 1.